The van der Waals surface area contributed by atoms with Gasteiger partial charge in [0.1, 0.15) is 11.5 Å². The average molecular weight is 240 g/mol. The first-order valence-electron chi connectivity index (χ1n) is 5.56. The van der Waals surface area contributed by atoms with Gasteiger partial charge in [0, 0.05) is 29.7 Å². The molecule has 2 aromatic heterocycles. The molecule has 0 spiro atoms. The SMILES string of the molecule is Cn1c(C(N)=O)cnc1-c1ccc2[nH]ccc2c1. The van der Waals surface area contributed by atoms with Crippen LogP contribution in [0, 0.1) is 0 Å². The van der Waals surface area contributed by atoms with Crippen molar-refractivity contribution in [3.05, 3.63) is 42.4 Å². The second-order valence-corrected chi connectivity index (χ2v) is 4.17. The van der Waals surface area contributed by atoms with Gasteiger partial charge in [-0.05, 0) is 24.3 Å². The van der Waals surface area contributed by atoms with E-state index in [1.807, 2.05) is 30.5 Å². The van der Waals surface area contributed by atoms with Crippen molar-refractivity contribution in [2.45, 2.75) is 0 Å². The number of hydrogen-bond acceptors (Lipinski definition) is 2. The number of hydrogen-bond donors (Lipinski definition) is 2. The van der Waals surface area contributed by atoms with E-state index in [0.29, 0.717) is 5.69 Å². The number of nitrogens with zero attached hydrogens (tertiary/aromatic N) is 2. The molecule has 0 unspecified atom stereocenters. The van der Waals surface area contributed by atoms with Crippen LogP contribution >= 0.6 is 0 Å². The van der Waals surface area contributed by atoms with Gasteiger partial charge in [0.25, 0.3) is 5.91 Å². The Bertz CT molecular complexity index is 738. The largest absolute Gasteiger partial charge is 0.364 e. The summed E-state index contributed by atoms with van der Waals surface area (Å²) >= 11 is 0. The molecule has 3 N–H and O–H groups in total. The number of rotatable bonds is 2. The molecule has 0 aliphatic carbocycles. The fraction of sp³-hybridized carbons (Fsp3) is 0.0769. The number of imidazole rings is 1. The van der Waals surface area contributed by atoms with Crippen LogP contribution in [0.3, 0.4) is 0 Å². The third-order valence-electron chi connectivity index (χ3n) is 3.05. The Balaban J connectivity index is 2.16. The number of nitrogens with one attached hydrogen (secondary N) is 1. The van der Waals surface area contributed by atoms with Crippen molar-refractivity contribution in [1.82, 2.24) is 14.5 Å². The van der Waals surface area contributed by atoms with E-state index in [4.69, 9.17) is 5.73 Å². The van der Waals surface area contributed by atoms with Crippen LogP contribution in [0.25, 0.3) is 22.3 Å². The van der Waals surface area contributed by atoms with Crippen LogP contribution in [0.15, 0.2) is 36.7 Å². The summed E-state index contributed by atoms with van der Waals surface area (Å²) in [6.45, 7) is 0. The third kappa shape index (κ3) is 1.48. The average Bonchev–Trinajstić information content (AvgIpc) is 2.93. The first-order valence-corrected chi connectivity index (χ1v) is 5.56. The quantitative estimate of drug-likeness (QED) is 0.714. The maximum atomic E-state index is 11.2. The molecule has 0 atom stereocenters. The van der Waals surface area contributed by atoms with Gasteiger partial charge in [-0.25, -0.2) is 4.98 Å². The Morgan fingerprint density at radius 3 is 2.94 bits per heavy atom. The molecule has 5 nitrogen and oxygen atoms in total. The predicted octanol–water partition coefficient (Wildman–Crippen LogP) is 1.67. The molecule has 0 saturated carbocycles. The zero-order valence-electron chi connectivity index (χ0n) is 9.84. The molecule has 0 bridgehead atoms. The molecule has 3 aromatic rings. The Kier molecular flexibility index (Phi) is 2.19. The number of fused-ring (bicyclic) bond motifs is 1. The van der Waals surface area contributed by atoms with Crippen molar-refractivity contribution in [3.8, 4) is 11.4 Å². The Morgan fingerprint density at radius 2 is 2.22 bits per heavy atom. The van der Waals surface area contributed by atoms with Crippen molar-refractivity contribution in [2.24, 2.45) is 12.8 Å². The zero-order chi connectivity index (χ0) is 12.7. The van der Waals surface area contributed by atoms with Crippen molar-refractivity contribution >= 4 is 16.8 Å². The van der Waals surface area contributed by atoms with Crippen LogP contribution < -0.4 is 5.73 Å². The van der Waals surface area contributed by atoms with Gasteiger partial charge in [0.15, 0.2) is 0 Å². The van der Waals surface area contributed by atoms with Crippen LogP contribution in [-0.2, 0) is 7.05 Å². The number of amides is 1. The standard InChI is InChI=1S/C13H12N4O/c1-17-11(12(14)18)7-16-13(17)9-2-3-10-8(6-9)4-5-15-10/h2-7,15H,1H3,(H2,14,18). The molecule has 0 saturated heterocycles. The lowest BCUT2D eigenvalue weighted by Gasteiger charge is -2.04. The highest BCUT2D eigenvalue weighted by molar-refractivity contribution is 5.92. The minimum absolute atomic E-state index is 0.402. The lowest BCUT2D eigenvalue weighted by atomic mass is 10.1. The summed E-state index contributed by atoms with van der Waals surface area (Å²) in [7, 11) is 1.78. The first kappa shape index (κ1) is 10.6. The topological polar surface area (TPSA) is 76.7 Å². The highest BCUT2D eigenvalue weighted by Crippen LogP contribution is 2.23. The van der Waals surface area contributed by atoms with Gasteiger partial charge >= 0.3 is 0 Å². The number of aromatic amines is 1. The van der Waals surface area contributed by atoms with E-state index in [0.717, 1.165) is 22.3 Å². The summed E-state index contributed by atoms with van der Waals surface area (Å²) in [5.41, 5.74) is 7.71. The molecule has 1 aromatic carbocycles. The third-order valence-corrected chi connectivity index (χ3v) is 3.05. The van der Waals surface area contributed by atoms with Gasteiger partial charge in [0.2, 0.25) is 0 Å². The molecule has 0 aliphatic rings. The predicted molar refractivity (Wildman–Crippen MR) is 69.0 cm³/mol. The molecule has 3 rings (SSSR count). The van der Waals surface area contributed by atoms with E-state index in [-0.39, 0.29) is 0 Å². The van der Waals surface area contributed by atoms with Crippen molar-refractivity contribution in [2.75, 3.05) is 0 Å². The summed E-state index contributed by atoms with van der Waals surface area (Å²) in [4.78, 5) is 18.6. The Labute approximate surface area is 103 Å². The van der Waals surface area contributed by atoms with Gasteiger partial charge in [-0.3, -0.25) is 4.79 Å². The second-order valence-electron chi connectivity index (χ2n) is 4.17. The summed E-state index contributed by atoms with van der Waals surface area (Å²) in [5, 5.41) is 1.11. The van der Waals surface area contributed by atoms with E-state index in [9.17, 15) is 4.79 Å². The van der Waals surface area contributed by atoms with Crippen molar-refractivity contribution < 1.29 is 4.79 Å². The number of nitrogens with two attached hydrogens (primary N) is 1. The summed E-state index contributed by atoms with van der Waals surface area (Å²) < 4.78 is 1.70. The normalized spacial score (nSPS) is 10.9. The monoisotopic (exact) mass is 240 g/mol. The Morgan fingerprint density at radius 1 is 1.39 bits per heavy atom. The number of carbonyl (C=O) groups excluding carboxylic acids is 1. The molecule has 0 fully saturated rings. The highest BCUT2D eigenvalue weighted by Gasteiger charge is 2.12. The van der Waals surface area contributed by atoms with Crippen LogP contribution in [-0.4, -0.2) is 20.4 Å². The zero-order valence-corrected chi connectivity index (χ0v) is 9.84. The van der Waals surface area contributed by atoms with Crippen LogP contribution in [0.5, 0.6) is 0 Å². The van der Waals surface area contributed by atoms with Crippen LogP contribution in [0.2, 0.25) is 0 Å². The van der Waals surface area contributed by atoms with Gasteiger partial charge in [-0.15, -0.1) is 0 Å². The van der Waals surface area contributed by atoms with Crippen LogP contribution in [0.4, 0.5) is 0 Å². The number of H-pyrrole nitrogens is 1. The number of carbonyl (C=O) groups is 1. The minimum Gasteiger partial charge on any atom is -0.364 e. The van der Waals surface area contributed by atoms with E-state index >= 15 is 0 Å². The van der Waals surface area contributed by atoms with E-state index < -0.39 is 5.91 Å². The summed E-state index contributed by atoms with van der Waals surface area (Å²) in [5.74, 6) is 0.255. The van der Waals surface area contributed by atoms with Gasteiger partial charge in [-0.2, -0.15) is 0 Å². The fourth-order valence-electron chi connectivity index (χ4n) is 2.10. The molecule has 0 aliphatic heterocycles. The van der Waals surface area contributed by atoms with Crippen LogP contribution in [0.1, 0.15) is 10.5 Å². The molecule has 2 heterocycles. The van der Waals surface area contributed by atoms with Crippen molar-refractivity contribution in [1.29, 1.82) is 0 Å². The number of primary amides is 1. The smallest absolute Gasteiger partial charge is 0.266 e. The van der Waals surface area contributed by atoms with E-state index in [1.165, 1.54) is 6.20 Å². The van der Waals surface area contributed by atoms with Gasteiger partial charge in [0.05, 0.1) is 6.20 Å². The number of aromatic nitrogens is 3. The van der Waals surface area contributed by atoms with E-state index in [2.05, 4.69) is 9.97 Å². The Hall–Kier alpha value is -2.56. The minimum atomic E-state index is -0.473. The molecule has 18 heavy (non-hydrogen) atoms. The molecule has 1 amide bonds. The molecule has 5 heteroatoms. The highest BCUT2D eigenvalue weighted by atomic mass is 16.1. The lowest BCUT2D eigenvalue weighted by molar-refractivity contribution is 0.0992. The second kappa shape index (κ2) is 3.73. The molecule has 0 radical (unpaired) electrons. The first-order chi connectivity index (χ1) is 8.66. The van der Waals surface area contributed by atoms with Crippen molar-refractivity contribution in [3.63, 3.8) is 0 Å². The fourth-order valence-corrected chi connectivity index (χ4v) is 2.10. The molecule has 90 valence electrons. The maximum absolute atomic E-state index is 11.2. The van der Waals surface area contributed by atoms with Gasteiger partial charge < -0.3 is 15.3 Å². The van der Waals surface area contributed by atoms with E-state index in [1.54, 1.807) is 11.6 Å². The molecular formula is C13H12N4O. The number of benzene rings is 1. The maximum Gasteiger partial charge on any atom is 0.266 e. The van der Waals surface area contributed by atoms with Gasteiger partial charge in [-0.1, -0.05) is 0 Å². The summed E-state index contributed by atoms with van der Waals surface area (Å²) in [6, 6.07) is 7.98. The summed E-state index contributed by atoms with van der Waals surface area (Å²) in [6.07, 6.45) is 3.39. The molecular weight excluding hydrogens is 228 g/mol. The lowest BCUT2D eigenvalue weighted by Crippen LogP contribution is -2.15.